The molecule has 2 rings (SSSR count). The van der Waals surface area contributed by atoms with Crippen molar-refractivity contribution in [2.45, 2.75) is 58.9 Å². The maximum Gasteiger partial charge on any atom is 0.191 e. The van der Waals surface area contributed by atoms with E-state index in [1.54, 1.807) is 18.4 Å². The van der Waals surface area contributed by atoms with Crippen molar-refractivity contribution in [2.75, 3.05) is 13.6 Å². The Hall–Kier alpha value is -1.16. The molecule has 0 saturated heterocycles. The largest absolute Gasteiger partial charge is 0.359 e. The van der Waals surface area contributed by atoms with Crippen LogP contribution in [0.5, 0.6) is 0 Å². The Labute approximate surface area is 177 Å². The number of hydrogen-bond donors (Lipinski definition) is 2. The Morgan fingerprint density at radius 3 is 2.58 bits per heavy atom. The zero-order chi connectivity index (χ0) is 18.4. The monoisotopic (exact) mass is 491 g/mol. The molecule has 0 atom stereocenters. The summed E-state index contributed by atoms with van der Waals surface area (Å²) in [4.78, 5) is 8.95. The first kappa shape index (κ1) is 22.9. The fourth-order valence-corrected chi connectivity index (χ4v) is 3.16. The van der Waals surface area contributed by atoms with Crippen LogP contribution in [0.2, 0.25) is 0 Å². The molecule has 8 heteroatoms. The van der Waals surface area contributed by atoms with Crippen LogP contribution < -0.4 is 10.6 Å². The van der Waals surface area contributed by atoms with Crippen molar-refractivity contribution in [1.82, 2.24) is 20.8 Å². The van der Waals surface area contributed by atoms with Gasteiger partial charge >= 0.3 is 0 Å². The lowest BCUT2D eigenvalue weighted by Crippen LogP contribution is -2.37. The van der Waals surface area contributed by atoms with Gasteiger partial charge in [0.2, 0.25) is 0 Å². The number of halogens is 1. The van der Waals surface area contributed by atoms with Gasteiger partial charge in [-0.25, -0.2) is 4.98 Å². The number of thiazole rings is 1. The molecule has 0 bridgehead atoms. The third-order valence-electron chi connectivity index (χ3n) is 3.77. The van der Waals surface area contributed by atoms with Gasteiger partial charge in [-0.2, -0.15) is 0 Å². The van der Waals surface area contributed by atoms with Gasteiger partial charge in [0, 0.05) is 36.9 Å². The van der Waals surface area contributed by atoms with Crippen LogP contribution in [-0.4, -0.2) is 29.7 Å². The molecule has 2 N–H and O–H groups in total. The van der Waals surface area contributed by atoms with E-state index in [0.29, 0.717) is 12.5 Å². The van der Waals surface area contributed by atoms with E-state index >= 15 is 0 Å². The molecule has 0 radical (unpaired) electrons. The Kier molecular flexibility index (Phi) is 9.02. The average molecular weight is 491 g/mol. The molecule has 2 heterocycles. The molecule has 0 aliphatic heterocycles. The molecule has 0 unspecified atom stereocenters. The summed E-state index contributed by atoms with van der Waals surface area (Å²) in [6.07, 6.45) is 0.876. The first-order valence-electron chi connectivity index (χ1n) is 8.64. The lowest BCUT2D eigenvalue weighted by Gasteiger charge is -2.14. The Balaban J connectivity index is 0.00000338. The average Bonchev–Trinajstić information content (AvgIpc) is 3.19. The second-order valence-corrected chi connectivity index (χ2v) is 8.29. The molecule has 146 valence electrons. The highest BCUT2D eigenvalue weighted by molar-refractivity contribution is 14.0. The number of aromatic nitrogens is 2. The van der Waals surface area contributed by atoms with Gasteiger partial charge in [0.1, 0.15) is 0 Å². The van der Waals surface area contributed by atoms with Gasteiger partial charge in [-0.05, 0) is 5.92 Å². The molecule has 0 fully saturated rings. The van der Waals surface area contributed by atoms with Crippen LogP contribution in [0.1, 0.15) is 62.7 Å². The molecule has 0 aromatic carbocycles. The molecular formula is C18H30IN5OS. The van der Waals surface area contributed by atoms with E-state index in [1.165, 1.54) is 0 Å². The van der Waals surface area contributed by atoms with E-state index in [4.69, 9.17) is 9.51 Å². The second kappa shape index (κ2) is 10.2. The Morgan fingerprint density at radius 2 is 2.04 bits per heavy atom. The molecule has 26 heavy (non-hydrogen) atoms. The van der Waals surface area contributed by atoms with E-state index in [0.717, 1.165) is 41.1 Å². The Morgan fingerprint density at radius 1 is 1.31 bits per heavy atom. The lowest BCUT2D eigenvalue weighted by atomic mass is 9.93. The summed E-state index contributed by atoms with van der Waals surface area (Å²) in [5, 5.41) is 13.9. The van der Waals surface area contributed by atoms with Crippen LogP contribution in [-0.2, 0) is 18.4 Å². The zero-order valence-electron chi connectivity index (χ0n) is 16.4. The van der Waals surface area contributed by atoms with E-state index in [9.17, 15) is 0 Å². The number of nitrogens with zero attached hydrogens (tertiary/aromatic N) is 3. The van der Waals surface area contributed by atoms with Crippen LogP contribution in [0.4, 0.5) is 0 Å². The first-order chi connectivity index (χ1) is 11.8. The smallest absolute Gasteiger partial charge is 0.191 e. The maximum atomic E-state index is 5.33. The van der Waals surface area contributed by atoms with E-state index in [-0.39, 0.29) is 29.4 Å². The fourth-order valence-electron chi connectivity index (χ4n) is 2.13. The predicted octanol–water partition coefficient (Wildman–Crippen LogP) is 4.08. The lowest BCUT2D eigenvalue weighted by molar-refractivity contribution is 0.372. The quantitative estimate of drug-likeness (QED) is 0.362. The maximum absolute atomic E-state index is 5.33. The highest BCUT2D eigenvalue weighted by Gasteiger charge is 2.17. The van der Waals surface area contributed by atoms with Gasteiger partial charge in [0.05, 0.1) is 22.9 Å². The minimum absolute atomic E-state index is 0. The van der Waals surface area contributed by atoms with Gasteiger partial charge in [-0.3, -0.25) is 4.99 Å². The summed E-state index contributed by atoms with van der Waals surface area (Å²) in [6.45, 7) is 12.1. The summed E-state index contributed by atoms with van der Waals surface area (Å²) < 4.78 is 5.33. The van der Waals surface area contributed by atoms with Crippen molar-refractivity contribution in [3.05, 3.63) is 33.6 Å². The van der Waals surface area contributed by atoms with Gasteiger partial charge < -0.3 is 15.2 Å². The summed E-state index contributed by atoms with van der Waals surface area (Å²) >= 11 is 1.72. The number of guanidine groups is 1. The summed E-state index contributed by atoms with van der Waals surface area (Å²) in [7, 11) is 1.76. The summed E-state index contributed by atoms with van der Waals surface area (Å²) in [5.41, 5.74) is 2.23. The first-order valence-corrected chi connectivity index (χ1v) is 9.52. The Bertz CT molecular complexity index is 703. The minimum atomic E-state index is 0. The molecule has 0 saturated carbocycles. The van der Waals surface area contributed by atoms with Crippen molar-refractivity contribution in [1.29, 1.82) is 0 Å². The van der Waals surface area contributed by atoms with Crippen LogP contribution in [0.3, 0.4) is 0 Å². The molecule has 2 aromatic rings. The molecule has 0 aliphatic rings. The van der Waals surface area contributed by atoms with Gasteiger partial charge in [-0.15, -0.1) is 35.3 Å². The van der Waals surface area contributed by atoms with Crippen molar-refractivity contribution in [3.63, 3.8) is 0 Å². The van der Waals surface area contributed by atoms with E-state index < -0.39 is 0 Å². The van der Waals surface area contributed by atoms with Crippen LogP contribution >= 0.6 is 35.3 Å². The van der Waals surface area contributed by atoms with Gasteiger partial charge in [-0.1, -0.05) is 39.8 Å². The summed E-state index contributed by atoms with van der Waals surface area (Å²) in [5.74, 6) is 1.92. The third kappa shape index (κ3) is 6.86. The van der Waals surface area contributed by atoms with Crippen molar-refractivity contribution in [3.8, 4) is 0 Å². The van der Waals surface area contributed by atoms with Gasteiger partial charge in [0.15, 0.2) is 11.7 Å². The molecule has 0 aliphatic carbocycles. The van der Waals surface area contributed by atoms with Crippen LogP contribution in [0, 0.1) is 0 Å². The third-order valence-corrected chi connectivity index (χ3v) is 4.68. The molecule has 0 spiro atoms. The molecule has 0 amide bonds. The SMILES string of the molecule is CN=C(NCCc1nc(C(C)(C)C)cs1)NCc1cc(C(C)C)no1.I. The number of aliphatic imine (C=N–C) groups is 1. The van der Waals surface area contributed by atoms with Gasteiger partial charge in [0.25, 0.3) is 0 Å². The van der Waals surface area contributed by atoms with E-state index in [2.05, 4.69) is 60.8 Å². The number of hydrogen-bond acceptors (Lipinski definition) is 5. The zero-order valence-corrected chi connectivity index (χ0v) is 19.6. The minimum Gasteiger partial charge on any atom is -0.359 e. The van der Waals surface area contributed by atoms with Crippen molar-refractivity contribution in [2.24, 2.45) is 4.99 Å². The molecular weight excluding hydrogens is 461 g/mol. The van der Waals surface area contributed by atoms with Crippen molar-refractivity contribution >= 4 is 41.3 Å². The number of nitrogens with one attached hydrogen (secondary N) is 2. The van der Waals surface area contributed by atoms with Crippen molar-refractivity contribution < 1.29 is 4.52 Å². The highest BCUT2D eigenvalue weighted by Crippen LogP contribution is 2.23. The van der Waals surface area contributed by atoms with Crippen LogP contribution in [0.25, 0.3) is 0 Å². The normalized spacial score (nSPS) is 12.2. The van der Waals surface area contributed by atoms with Crippen LogP contribution in [0.15, 0.2) is 21.0 Å². The second-order valence-electron chi connectivity index (χ2n) is 7.35. The van der Waals surface area contributed by atoms with E-state index in [1.807, 2.05) is 6.07 Å². The standard InChI is InChI=1S/C18H29N5OS.HI/c1-12(2)14-9-13(24-23-14)10-21-17(19-6)20-8-7-16-22-15(11-25-16)18(3,4)5;/h9,11-12H,7-8,10H2,1-6H3,(H2,19,20,21);1H. The molecule has 6 nitrogen and oxygen atoms in total. The number of rotatable bonds is 6. The molecule has 2 aromatic heterocycles. The topological polar surface area (TPSA) is 75.3 Å². The fraction of sp³-hybridized carbons (Fsp3) is 0.611. The highest BCUT2D eigenvalue weighted by atomic mass is 127. The predicted molar refractivity (Wildman–Crippen MR) is 119 cm³/mol. The summed E-state index contributed by atoms with van der Waals surface area (Å²) in [6, 6.07) is 1.98.